The molecule has 2 aromatic carbocycles. The Balaban J connectivity index is 1.86. The smallest absolute Gasteiger partial charge is 0.338 e. The molecule has 31 heavy (non-hydrogen) atoms. The monoisotopic (exact) mass is 446 g/mol. The summed E-state index contributed by atoms with van der Waals surface area (Å²) < 4.78 is 45.8. The molecule has 0 saturated carbocycles. The van der Waals surface area contributed by atoms with Crippen molar-refractivity contribution in [2.45, 2.75) is 18.9 Å². The van der Waals surface area contributed by atoms with Crippen LogP contribution in [-0.2, 0) is 14.8 Å². The zero-order chi connectivity index (χ0) is 22.6. The number of carbonyl (C=O) groups is 2. The first-order valence-corrected chi connectivity index (χ1v) is 10.6. The maximum absolute atomic E-state index is 13.1. The molecule has 162 valence electrons. The summed E-state index contributed by atoms with van der Waals surface area (Å²) in [4.78, 5) is 24.7. The lowest BCUT2D eigenvalue weighted by molar-refractivity contribution is 0.0526. The Morgan fingerprint density at radius 3 is 2.52 bits per heavy atom. The molecule has 0 radical (unpaired) electrons. The van der Waals surface area contributed by atoms with Crippen LogP contribution in [-0.4, -0.2) is 37.1 Å². The average molecular weight is 446 g/mol. The van der Waals surface area contributed by atoms with E-state index in [9.17, 15) is 22.4 Å². The number of halogens is 1. The molecule has 1 heterocycles. The Kier molecular flexibility index (Phi) is 6.35. The first-order valence-electron chi connectivity index (χ1n) is 9.13. The number of benzene rings is 2. The number of amides is 1. The van der Waals surface area contributed by atoms with Gasteiger partial charge in [0.2, 0.25) is 5.03 Å². The maximum atomic E-state index is 13.1. The van der Waals surface area contributed by atoms with Gasteiger partial charge >= 0.3 is 5.97 Å². The van der Waals surface area contributed by atoms with Crippen LogP contribution in [0.1, 0.15) is 33.3 Å². The molecule has 1 aromatic heterocycles. The van der Waals surface area contributed by atoms with E-state index in [1.165, 1.54) is 31.2 Å². The van der Waals surface area contributed by atoms with Gasteiger partial charge < -0.3 is 10.1 Å². The highest BCUT2D eigenvalue weighted by atomic mass is 32.2. The highest BCUT2D eigenvalue weighted by Crippen LogP contribution is 2.22. The van der Waals surface area contributed by atoms with Gasteiger partial charge in [0.1, 0.15) is 11.4 Å². The van der Waals surface area contributed by atoms with Crippen LogP contribution in [0.4, 0.5) is 15.8 Å². The van der Waals surface area contributed by atoms with E-state index in [4.69, 9.17) is 4.74 Å². The molecule has 0 bridgehead atoms. The molecule has 0 unspecified atom stereocenters. The Labute approximate surface area is 177 Å². The number of hydrogen-bond donors (Lipinski definition) is 3. The number of hydrogen-bond acceptors (Lipinski definition) is 6. The zero-order valence-electron chi connectivity index (χ0n) is 16.6. The van der Waals surface area contributed by atoms with Crippen LogP contribution in [0.15, 0.2) is 53.6 Å². The lowest BCUT2D eigenvalue weighted by Gasteiger charge is -2.10. The number of anilines is 2. The minimum Gasteiger partial charge on any atom is -0.462 e. The predicted molar refractivity (Wildman–Crippen MR) is 111 cm³/mol. The lowest BCUT2D eigenvalue weighted by Crippen LogP contribution is -2.20. The molecule has 3 N–H and O–H groups in total. The summed E-state index contributed by atoms with van der Waals surface area (Å²) >= 11 is 0. The van der Waals surface area contributed by atoms with E-state index in [0.717, 1.165) is 12.1 Å². The van der Waals surface area contributed by atoms with Crippen molar-refractivity contribution >= 4 is 33.3 Å². The number of aryl methyl sites for hydroxylation is 1. The fourth-order valence-corrected chi connectivity index (χ4v) is 3.95. The topological polar surface area (TPSA) is 130 Å². The van der Waals surface area contributed by atoms with E-state index in [-0.39, 0.29) is 34.8 Å². The standard InChI is InChI=1S/C20H19FN4O5S/c1-3-30-20(27)13-5-4-6-16(11-13)22-18(26)17-12(2)23-24-19(17)31(28,29)25-15-9-7-14(21)8-10-15/h4-11,25H,3H2,1-2H3,(H,22,26)(H,23,24). The number of ether oxygens (including phenoxy) is 1. The van der Waals surface area contributed by atoms with Gasteiger partial charge in [-0.2, -0.15) is 13.5 Å². The van der Waals surface area contributed by atoms with Crippen LogP contribution < -0.4 is 10.0 Å². The van der Waals surface area contributed by atoms with Crippen molar-refractivity contribution in [1.82, 2.24) is 10.2 Å². The second-order valence-electron chi connectivity index (χ2n) is 6.40. The fraction of sp³-hybridized carbons (Fsp3) is 0.150. The van der Waals surface area contributed by atoms with Gasteiger partial charge in [0, 0.05) is 17.1 Å². The third kappa shape index (κ3) is 5.07. The van der Waals surface area contributed by atoms with Crippen molar-refractivity contribution in [3.05, 3.63) is 71.2 Å². The number of rotatable bonds is 7. The molecular formula is C20H19FN4O5S. The van der Waals surface area contributed by atoms with Crippen molar-refractivity contribution in [2.24, 2.45) is 0 Å². The number of H-pyrrole nitrogens is 1. The second kappa shape index (κ2) is 8.96. The molecule has 3 rings (SSSR count). The molecular weight excluding hydrogens is 427 g/mol. The molecule has 11 heteroatoms. The van der Waals surface area contributed by atoms with Gasteiger partial charge in [-0.1, -0.05) is 6.07 Å². The van der Waals surface area contributed by atoms with Crippen LogP contribution in [0.2, 0.25) is 0 Å². The summed E-state index contributed by atoms with van der Waals surface area (Å²) in [6, 6.07) is 10.7. The van der Waals surface area contributed by atoms with Crippen LogP contribution in [0.3, 0.4) is 0 Å². The highest BCUT2D eigenvalue weighted by Gasteiger charge is 2.28. The Morgan fingerprint density at radius 2 is 1.84 bits per heavy atom. The number of nitrogens with one attached hydrogen (secondary N) is 3. The van der Waals surface area contributed by atoms with Crippen LogP contribution in [0.25, 0.3) is 0 Å². The largest absolute Gasteiger partial charge is 0.462 e. The van der Waals surface area contributed by atoms with E-state index in [1.54, 1.807) is 19.1 Å². The molecule has 0 aliphatic rings. The van der Waals surface area contributed by atoms with E-state index >= 15 is 0 Å². The average Bonchev–Trinajstić information content (AvgIpc) is 3.12. The van der Waals surface area contributed by atoms with Crippen LogP contribution in [0, 0.1) is 12.7 Å². The fourth-order valence-electron chi connectivity index (χ4n) is 2.72. The van der Waals surface area contributed by atoms with E-state index in [1.807, 2.05) is 0 Å². The Morgan fingerprint density at radius 1 is 1.13 bits per heavy atom. The Bertz CT molecular complexity index is 1220. The van der Waals surface area contributed by atoms with Gasteiger partial charge in [0.05, 0.1) is 12.2 Å². The maximum Gasteiger partial charge on any atom is 0.338 e. The van der Waals surface area contributed by atoms with Gasteiger partial charge in [0.25, 0.3) is 15.9 Å². The molecule has 0 aliphatic heterocycles. The van der Waals surface area contributed by atoms with Gasteiger partial charge in [0.15, 0.2) is 0 Å². The highest BCUT2D eigenvalue weighted by molar-refractivity contribution is 7.92. The number of aromatic amines is 1. The summed E-state index contributed by atoms with van der Waals surface area (Å²) in [5.41, 5.74) is 0.630. The predicted octanol–water partition coefficient (Wildman–Crippen LogP) is 3.09. The van der Waals surface area contributed by atoms with Gasteiger partial charge in [-0.05, 0) is 56.3 Å². The minimum atomic E-state index is -4.25. The third-order valence-electron chi connectivity index (χ3n) is 4.12. The van der Waals surface area contributed by atoms with Gasteiger partial charge in [-0.15, -0.1) is 0 Å². The quantitative estimate of drug-likeness (QED) is 0.478. The molecule has 0 aliphatic carbocycles. The molecule has 0 fully saturated rings. The van der Waals surface area contributed by atoms with Crippen molar-refractivity contribution < 1.29 is 27.1 Å². The van der Waals surface area contributed by atoms with Gasteiger partial charge in [-0.3, -0.25) is 14.6 Å². The molecule has 1 amide bonds. The summed E-state index contributed by atoms with van der Waals surface area (Å²) in [7, 11) is -4.25. The number of aromatic nitrogens is 2. The number of sulfonamides is 1. The zero-order valence-corrected chi connectivity index (χ0v) is 17.4. The first kappa shape index (κ1) is 22.0. The molecule has 3 aromatic rings. The second-order valence-corrected chi connectivity index (χ2v) is 7.99. The van der Waals surface area contributed by atoms with E-state index in [2.05, 4.69) is 20.2 Å². The lowest BCUT2D eigenvalue weighted by atomic mass is 10.2. The number of carbonyl (C=O) groups excluding carboxylic acids is 2. The summed E-state index contributed by atoms with van der Waals surface area (Å²) in [5.74, 6) is -1.82. The minimum absolute atomic E-state index is 0.107. The third-order valence-corrected chi connectivity index (χ3v) is 5.43. The summed E-state index contributed by atoms with van der Waals surface area (Å²) in [6.45, 7) is 3.37. The molecule has 9 nitrogen and oxygen atoms in total. The SMILES string of the molecule is CCOC(=O)c1cccc(NC(=O)c2c(S(=O)(=O)Nc3ccc(F)cc3)n[nH]c2C)c1. The van der Waals surface area contributed by atoms with Gasteiger partial charge in [-0.25, -0.2) is 9.18 Å². The van der Waals surface area contributed by atoms with Crippen molar-refractivity contribution in [1.29, 1.82) is 0 Å². The molecule has 0 atom stereocenters. The normalized spacial score (nSPS) is 11.1. The molecule has 0 saturated heterocycles. The summed E-state index contributed by atoms with van der Waals surface area (Å²) in [5, 5.41) is 8.27. The van der Waals surface area contributed by atoms with Crippen LogP contribution >= 0.6 is 0 Å². The van der Waals surface area contributed by atoms with E-state index in [0.29, 0.717) is 0 Å². The van der Waals surface area contributed by atoms with Crippen molar-refractivity contribution in [3.8, 4) is 0 Å². The summed E-state index contributed by atoms with van der Waals surface area (Å²) in [6.07, 6.45) is 0. The number of esters is 1. The first-order chi connectivity index (χ1) is 14.7. The number of nitrogens with zero attached hydrogens (tertiary/aromatic N) is 1. The Hall–Kier alpha value is -3.73. The van der Waals surface area contributed by atoms with E-state index < -0.39 is 32.7 Å². The van der Waals surface area contributed by atoms with Crippen LogP contribution in [0.5, 0.6) is 0 Å². The molecule has 0 spiro atoms. The van der Waals surface area contributed by atoms with Crippen molar-refractivity contribution in [3.63, 3.8) is 0 Å². The van der Waals surface area contributed by atoms with Crippen molar-refractivity contribution in [2.75, 3.05) is 16.6 Å².